The lowest BCUT2D eigenvalue weighted by Crippen LogP contribution is -2.50. The summed E-state index contributed by atoms with van der Waals surface area (Å²) in [5.74, 6) is 0.717. The number of hydrogen-bond donors (Lipinski definition) is 1. The van der Waals surface area contributed by atoms with E-state index in [1.165, 1.54) is 22.8 Å². The molecule has 0 amide bonds. The van der Waals surface area contributed by atoms with Crippen LogP contribution in [0.15, 0.2) is 6.07 Å². The van der Waals surface area contributed by atoms with Gasteiger partial charge >= 0.3 is 0 Å². The van der Waals surface area contributed by atoms with Crippen molar-refractivity contribution in [1.82, 2.24) is 9.27 Å². The highest BCUT2D eigenvalue weighted by Crippen LogP contribution is 2.23. The Labute approximate surface area is 87.8 Å². The van der Waals surface area contributed by atoms with Gasteiger partial charge in [-0.05, 0) is 18.0 Å². The summed E-state index contributed by atoms with van der Waals surface area (Å²) in [6, 6.07) is 2.57. The van der Waals surface area contributed by atoms with Crippen molar-refractivity contribution in [2.75, 3.05) is 20.2 Å². The fraction of sp³-hybridized carbons (Fsp3) is 0.667. The Morgan fingerprint density at radius 2 is 2.64 bits per heavy atom. The molecule has 0 saturated carbocycles. The smallest absolute Gasteiger partial charge is 0.225 e. The molecule has 1 aliphatic rings. The molecule has 78 valence electrons. The molecular weight excluding hydrogens is 198 g/mol. The second-order valence-electron chi connectivity index (χ2n) is 3.48. The predicted molar refractivity (Wildman–Crippen MR) is 56.5 cm³/mol. The largest absolute Gasteiger partial charge is 0.480 e. The molecule has 2 heterocycles. The molecule has 0 aliphatic carbocycles. The van der Waals surface area contributed by atoms with Crippen molar-refractivity contribution in [2.24, 2.45) is 5.73 Å². The van der Waals surface area contributed by atoms with Gasteiger partial charge in [0.25, 0.3) is 0 Å². The van der Waals surface area contributed by atoms with Crippen LogP contribution < -0.4 is 10.5 Å². The van der Waals surface area contributed by atoms with E-state index in [0.29, 0.717) is 6.04 Å². The second-order valence-corrected chi connectivity index (χ2v) is 4.37. The van der Waals surface area contributed by atoms with Gasteiger partial charge in [-0.2, -0.15) is 4.37 Å². The lowest BCUT2D eigenvalue weighted by Gasteiger charge is -2.39. The molecule has 0 aromatic carbocycles. The average molecular weight is 213 g/mol. The summed E-state index contributed by atoms with van der Waals surface area (Å²) in [5.41, 5.74) is 5.63. The van der Waals surface area contributed by atoms with Crippen LogP contribution in [0, 0.1) is 0 Å². The topological polar surface area (TPSA) is 51.4 Å². The van der Waals surface area contributed by atoms with Crippen molar-refractivity contribution in [3.05, 3.63) is 10.9 Å². The van der Waals surface area contributed by atoms with Gasteiger partial charge < -0.3 is 10.5 Å². The summed E-state index contributed by atoms with van der Waals surface area (Å²) >= 11 is 1.51. The first-order chi connectivity index (χ1) is 6.83. The molecule has 1 aliphatic heterocycles. The zero-order valence-electron chi connectivity index (χ0n) is 8.27. The number of nitrogens with zero attached hydrogens (tertiary/aromatic N) is 2. The lowest BCUT2D eigenvalue weighted by molar-refractivity contribution is 0.0894. The molecule has 1 aromatic heterocycles. The molecule has 1 aromatic rings. The molecule has 14 heavy (non-hydrogen) atoms. The fourth-order valence-electron chi connectivity index (χ4n) is 1.63. The molecule has 2 N–H and O–H groups in total. The molecule has 0 spiro atoms. The van der Waals surface area contributed by atoms with Gasteiger partial charge in [0.1, 0.15) is 0 Å². The van der Waals surface area contributed by atoms with Gasteiger partial charge in [0.15, 0.2) is 0 Å². The van der Waals surface area contributed by atoms with E-state index < -0.39 is 0 Å². The summed E-state index contributed by atoms with van der Waals surface area (Å²) in [6.45, 7) is 2.88. The Bertz CT molecular complexity index is 300. The normalized spacial score (nSPS) is 22.0. The number of ether oxygens (including phenoxy) is 1. The fourth-order valence-corrected chi connectivity index (χ4v) is 2.35. The summed E-state index contributed by atoms with van der Waals surface area (Å²) in [4.78, 5) is 3.63. The molecule has 1 fully saturated rings. The number of aromatic nitrogens is 1. The molecular formula is C9H15N3OS. The predicted octanol–water partition coefficient (Wildman–Crippen LogP) is 0.685. The van der Waals surface area contributed by atoms with E-state index in [2.05, 4.69) is 9.27 Å². The van der Waals surface area contributed by atoms with Gasteiger partial charge in [0.2, 0.25) is 5.88 Å². The summed E-state index contributed by atoms with van der Waals surface area (Å²) in [7, 11) is 1.64. The Morgan fingerprint density at radius 3 is 3.14 bits per heavy atom. The molecule has 0 bridgehead atoms. The molecule has 1 unspecified atom stereocenters. The number of hydrogen-bond acceptors (Lipinski definition) is 5. The average Bonchev–Trinajstić information content (AvgIpc) is 2.61. The maximum absolute atomic E-state index is 5.63. The quantitative estimate of drug-likeness (QED) is 0.799. The van der Waals surface area contributed by atoms with Crippen molar-refractivity contribution < 1.29 is 4.74 Å². The van der Waals surface area contributed by atoms with Crippen LogP contribution in [0.2, 0.25) is 0 Å². The van der Waals surface area contributed by atoms with Gasteiger partial charge in [0.05, 0.1) is 7.11 Å². The minimum atomic E-state index is 0.572. The molecule has 4 nitrogen and oxygen atoms in total. The first kappa shape index (κ1) is 9.89. The summed E-state index contributed by atoms with van der Waals surface area (Å²) in [5, 5.41) is 0. The Balaban J connectivity index is 1.90. The Kier molecular flexibility index (Phi) is 3.00. The van der Waals surface area contributed by atoms with E-state index in [0.717, 1.165) is 25.5 Å². The summed E-state index contributed by atoms with van der Waals surface area (Å²) in [6.07, 6.45) is 1.23. The number of nitrogens with two attached hydrogens (primary N) is 1. The van der Waals surface area contributed by atoms with E-state index in [-0.39, 0.29) is 0 Å². The van der Waals surface area contributed by atoms with Crippen LogP contribution in [0.25, 0.3) is 0 Å². The van der Waals surface area contributed by atoms with E-state index in [4.69, 9.17) is 10.5 Å². The first-order valence-corrected chi connectivity index (χ1v) is 5.54. The zero-order chi connectivity index (χ0) is 9.97. The SMILES string of the molecule is COc1cc(CN2CCC2CN)sn1. The molecule has 2 rings (SSSR count). The molecule has 1 atom stereocenters. The number of rotatable bonds is 4. The van der Waals surface area contributed by atoms with Crippen LogP contribution in [-0.2, 0) is 6.54 Å². The van der Waals surface area contributed by atoms with Gasteiger partial charge in [0, 0.05) is 36.6 Å². The zero-order valence-corrected chi connectivity index (χ0v) is 9.09. The minimum Gasteiger partial charge on any atom is -0.480 e. The minimum absolute atomic E-state index is 0.572. The monoisotopic (exact) mass is 213 g/mol. The summed E-state index contributed by atoms with van der Waals surface area (Å²) < 4.78 is 9.20. The van der Waals surface area contributed by atoms with Crippen LogP contribution in [-0.4, -0.2) is 35.5 Å². The van der Waals surface area contributed by atoms with E-state index in [1.807, 2.05) is 6.07 Å². The molecule has 5 heteroatoms. The maximum Gasteiger partial charge on any atom is 0.225 e. The van der Waals surface area contributed by atoms with Crippen molar-refractivity contribution in [3.63, 3.8) is 0 Å². The molecule has 1 saturated heterocycles. The van der Waals surface area contributed by atoms with Crippen molar-refractivity contribution in [2.45, 2.75) is 19.0 Å². The van der Waals surface area contributed by atoms with E-state index >= 15 is 0 Å². The van der Waals surface area contributed by atoms with Crippen molar-refractivity contribution in [1.29, 1.82) is 0 Å². The maximum atomic E-state index is 5.63. The van der Waals surface area contributed by atoms with Crippen LogP contribution in [0.5, 0.6) is 5.88 Å². The van der Waals surface area contributed by atoms with Crippen molar-refractivity contribution >= 4 is 11.5 Å². The Hall–Kier alpha value is -0.650. The lowest BCUT2D eigenvalue weighted by atomic mass is 10.0. The van der Waals surface area contributed by atoms with Crippen LogP contribution in [0.4, 0.5) is 0 Å². The first-order valence-electron chi connectivity index (χ1n) is 4.77. The van der Waals surface area contributed by atoms with E-state index in [9.17, 15) is 0 Å². The second kappa shape index (κ2) is 4.25. The highest BCUT2D eigenvalue weighted by molar-refractivity contribution is 7.05. The molecule has 0 radical (unpaired) electrons. The van der Waals surface area contributed by atoms with Crippen LogP contribution in [0.1, 0.15) is 11.3 Å². The third-order valence-electron chi connectivity index (χ3n) is 2.64. The number of methoxy groups -OCH3 is 1. The van der Waals surface area contributed by atoms with Crippen LogP contribution in [0.3, 0.4) is 0 Å². The third kappa shape index (κ3) is 1.89. The van der Waals surface area contributed by atoms with Gasteiger partial charge in [-0.25, -0.2) is 0 Å². The Morgan fingerprint density at radius 1 is 1.79 bits per heavy atom. The van der Waals surface area contributed by atoms with Crippen molar-refractivity contribution in [3.8, 4) is 5.88 Å². The van der Waals surface area contributed by atoms with Crippen LogP contribution >= 0.6 is 11.5 Å². The van der Waals surface area contributed by atoms with E-state index in [1.54, 1.807) is 7.11 Å². The standard InChI is InChI=1S/C9H15N3OS/c1-13-9-4-8(14-11-9)6-12-3-2-7(12)5-10/h4,7H,2-3,5-6,10H2,1H3. The third-order valence-corrected chi connectivity index (χ3v) is 3.40. The van der Waals surface area contributed by atoms with Gasteiger partial charge in [-0.15, -0.1) is 0 Å². The van der Waals surface area contributed by atoms with Gasteiger partial charge in [-0.3, -0.25) is 4.90 Å². The highest BCUT2D eigenvalue weighted by atomic mass is 32.1. The highest BCUT2D eigenvalue weighted by Gasteiger charge is 2.26. The number of likely N-dealkylation sites (tertiary alicyclic amines) is 1. The van der Waals surface area contributed by atoms with Gasteiger partial charge in [-0.1, -0.05) is 0 Å².